The predicted octanol–water partition coefficient (Wildman–Crippen LogP) is 4.56. The molecule has 7 nitrogen and oxygen atoms in total. The average molecular weight is 473 g/mol. The van der Waals surface area contributed by atoms with Crippen LogP contribution in [0.3, 0.4) is 0 Å². The standard InChI is InChI=1S/C26H28N6OS/c1-20-5-3-4-6-24(20)32-25(21-11-13-27-14-12-21)28-31(26(32)34)19-29-15-17-30(18-16-29)22-7-9-23(33-2)10-8-22/h3-14H,15-19H2,1-2H3. The summed E-state index contributed by atoms with van der Waals surface area (Å²) in [6.45, 7) is 6.55. The number of para-hydroxylation sites is 1. The highest BCUT2D eigenvalue weighted by molar-refractivity contribution is 7.71. The number of pyridine rings is 1. The van der Waals surface area contributed by atoms with Gasteiger partial charge in [0.2, 0.25) is 4.77 Å². The summed E-state index contributed by atoms with van der Waals surface area (Å²) in [4.78, 5) is 8.98. The van der Waals surface area contributed by atoms with Gasteiger partial charge in [-0.3, -0.25) is 14.5 Å². The molecule has 1 saturated heterocycles. The van der Waals surface area contributed by atoms with Gasteiger partial charge in [0.05, 0.1) is 19.5 Å². The molecule has 0 aliphatic carbocycles. The van der Waals surface area contributed by atoms with Gasteiger partial charge in [0.1, 0.15) is 5.75 Å². The molecule has 3 heterocycles. The van der Waals surface area contributed by atoms with Crippen molar-refractivity contribution in [2.75, 3.05) is 38.2 Å². The third kappa shape index (κ3) is 4.47. The van der Waals surface area contributed by atoms with E-state index in [1.54, 1.807) is 19.5 Å². The van der Waals surface area contributed by atoms with Gasteiger partial charge < -0.3 is 9.64 Å². The summed E-state index contributed by atoms with van der Waals surface area (Å²) in [6.07, 6.45) is 3.58. The van der Waals surface area contributed by atoms with Gasteiger partial charge in [-0.05, 0) is 67.2 Å². The number of aryl methyl sites for hydroxylation is 1. The third-order valence-corrected chi connectivity index (χ3v) is 6.67. The summed E-state index contributed by atoms with van der Waals surface area (Å²) >= 11 is 5.95. The van der Waals surface area contributed by atoms with Crippen LogP contribution < -0.4 is 9.64 Å². The number of methoxy groups -OCH3 is 1. The molecule has 34 heavy (non-hydrogen) atoms. The molecule has 1 aliphatic heterocycles. The number of anilines is 1. The molecule has 2 aromatic carbocycles. The summed E-state index contributed by atoms with van der Waals surface area (Å²) < 4.78 is 10.00. The largest absolute Gasteiger partial charge is 0.497 e. The fourth-order valence-corrected chi connectivity index (χ4v) is 4.63. The lowest BCUT2D eigenvalue weighted by atomic mass is 10.2. The van der Waals surface area contributed by atoms with Crippen molar-refractivity contribution in [2.24, 2.45) is 0 Å². The lowest BCUT2D eigenvalue weighted by molar-refractivity contribution is 0.194. The second kappa shape index (κ2) is 9.79. The van der Waals surface area contributed by atoms with Crippen molar-refractivity contribution < 1.29 is 4.74 Å². The Balaban J connectivity index is 1.38. The van der Waals surface area contributed by atoms with Gasteiger partial charge in [-0.25, -0.2) is 4.68 Å². The van der Waals surface area contributed by atoms with Crippen molar-refractivity contribution >= 4 is 17.9 Å². The van der Waals surface area contributed by atoms with Crippen molar-refractivity contribution in [3.05, 3.63) is 83.4 Å². The van der Waals surface area contributed by atoms with E-state index in [4.69, 9.17) is 22.1 Å². The Morgan fingerprint density at radius 1 is 0.912 bits per heavy atom. The van der Waals surface area contributed by atoms with Crippen LogP contribution in [0, 0.1) is 11.7 Å². The lowest BCUT2D eigenvalue weighted by Crippen LogP contribution is -2.47. The van der Waals surface area contributed by atoms with E-state index in [-0.39, 0.29) is 0 Å². The normalized spacial score (nSPS) is 14.4. The number of hydrogen-bond donors (Lipinski definition) is 0. The molecule has 2 aromatic heterocycles. The molecule has 0 unspecified atom stereocenters. The number of aromatic nitrogens is 4. The van der Waals surface area contributed by atoms with E-state index in [2.05, 4.69) is 50.5 Å². The van der Waals surface area contributed by atoms with Crippen LogP contribution in [0.4, 0.5) is 5.69 Å². The highest BCUT2D eigenvalue weighted by atomic mass is 32.1. The molecule has 5 rings (SSSR count). The van der Waals surface area contributed by atoms with Gasteiger partial charge in [-0.2, -0.15) is 0 Å². The second-order valence-corrected chi connectivity index (χ2v) is 8.77. The minimum atomic E-state index is 0.659. The number of ether oxygens (including phenoxy) is 1. The van der Waals surface area contributed by atoms with Crippen LogP contribution >= 0.6 is 12.2 Å². The van der Waals surface area contributed by atoms with E-state index in [0.717, 1.165) is 54.6 Å². The van der Waals surface area contributed by atoms with Crippen LogP contribution in [0.25, 0.3) is 17.1 Å². The van der Waals surface area contributed by atoms with Crippen molar-refractivity contribution in [1.82, 2.24) is 24.2 Å². The van der Waals surface area contributed by atoms with Crippen molar-refractivity contribution in [1.29, 1.82) is 0 Å². The molecule has 0 bridgehead atoms. The molecule has 0 saturated carbocycles. The fourth-order valence-electron chi connectivity index (χ4n) is 4.35. The van der Waals surface area contributed by atoms with Gasteiger partial charge in [0.15, 0.2) is 5.82 Å². The van der Waals surface area contributed by atoms with E-state index >= 15 is 0 Å². The molecule has 1 aliphatic rings. The summed E-state index contributed by atoms with van der Waals surface area (Å²) in [5, 5.41) is 4.97. The Kier molecular flexibility index (Phi) is 6.42. The van der Waals surface area contributed by atoms with Gasteiger partial charge in [-0.15, -0.1) is 5.10 Å². The predicted molar refractivity (Wildman–Crippen MR) is 137 cm³/mol. The topological polar surface area (TPSA) is 51.4 Å². The maximum atomic E-state index is 5.95. The van der Waals surface area contributed by atoms with Crippen molar-refractivity contribution in [2.45, 2.75) is 13.6 Å². The Morgan fingerprint density at radius 3 is 2.29 bits per heavy atom. The Bertz CT molecular complexity index is 1310. The smallest absolute Gasteiger partial charge is 0.204 e. The highest BCUT2D eigenvalue weighted by Gasteiger charge is 2.21. The van der Waals surface area contributed by atoms with Crippen LogP contribution in [0.15, 0.2) is 73.1 Å². The number of nitrogens with zero attached hydrogens (tertiary/aromatic N) is 6. The molecule has 0 N–H and O–H groups in total. The zero-order valence-corrected chi connectivity index (χ0v) is 20.3. The van der Waals surface area contributed by atoms with E-state index in [1.807, 2.05) is 41.1 Å². The quantitative estimate of drug-likeness (QED) is 0.384. The number of piperazine rings is 1. The maximum absolute atomic E-state index is 5.95. The Morgan fingerprint density at radius 2 is 1.62 bits per heavy atom. The van der Waals surface area contributed by atoms with Crippen LogP contribution in [0.2, 0.25) is 0 Å². The number of rotatable bonds is 6. The molecule has 0 spiro atoms. The van der Waals surface area contributed by atoms with Gasteiger partial charge >= 0.3 is 0 Å². The first-order valence-corrected chi connectivity index (χ1v) is 11.8. The van der Waals surface area contributed by atoms with E-state index in [1.165, 1.54) is 5.69 Å². The summed E-state index contributed by atoms with van der Waals surface area (Å²) in [7, 11) is 1.69. The average Bonchev–Trinajstić information content (AvgIpc) is 3.21. The van der Waals surface area contributed by atoms with Crippen molar-refractivity contribution in [3.8, 4) is 22.8 Å². The fraction of sp³-hybridized carbons (Fsp3) is 0.269. The molecule has 4 aromatic rings. The molecule has 1 fully saturated rings. The van der Waals surface area contributed by atoms with Crippen LogP contribution in [-0.2, 0) is 6.67 Å². The van der Waals surface area contributed by atoms with Gasteiger partial charge in [0.25, 0.3) is 0 Å². The first kappa shape index (κ1) is 22.3. The first-order valence-electron chi connectivity index (χ1n) is 11.4. The Hall–Kier alpha value is -3.49. The van der Waals surface area contributed by atoms with E-state index in [9.17, 15) is 0 Å². The van der Waals surface area contributed by atoms with Gasteiger partial charge in [0, 0.05) is 49.8 Å². The number of benzene rings is 2. The summed E-state index contributed by atoms with van der Waals surface area (Å²) in [5.41, 5.74) is 4.42. The minimum absolute atomic E-state index is 0.659. The van der Waals surface area contributed by atoms with Crippen LogP contribution in [-0.4, -0.2) is 57.5 Å². The van der Waals surface area contributed by atoms with Crippen LogP contribution in [0.1, 0.15) is 5.56 Å². The second-order valence-electron chi connectivity index (χ2n) is 8.41. The highest BCUT2D eigenvalue weighted by Crippen LogP contribution is 2.25. The molecule has 8 heteroatoms. The van der Waals surface area contributed by atoms with Crippen LogP contribution in [0.5, 0.6) is 5.75 Å². The van der Waals surface area contributed by atoms with Crippen molar-refractivity contribution in [3.63, 3.8) is 0 Å². The molecular formula is C26H28N6OS. The minimum Gasteiger partial charge on any atom is -0.497 e. The third-order valence-electron chi connectivity index (χ3n) is 6.28. The van der Waals surface area contributed by atoms with E-state index < -0.39 is 0 Å². The SMILES string of the molecule is COc1ccc(N2CCN(Cn3nc(-c4ccncc4)n(-c4ccccc4C)c3=S)CC2)cc1. The lowest BCUT2D eigenvalue weighted by Gasteiger charge is -2.35. The summed E-state index contributed by atoms with van der Waals surface area (Å²) in [6, 6.07) is 20.5. The molecule has 0 amide bonds. The first-order chi connectivity index (χ1) is 16.6. The van der Waals surface area contributed by atoms with Gasteiger partial charge in [-0.1, -0.05) is 18.2 Å². The molecule has 0 radical (unpaired) electrons. The number of hydrogen-bond acceptors (Lipinski definition) is 6. The monoisotopic (exact) mass is 472 g/mol. The summed E-state index contributed by atoms with van der Waals surface area (Å²) in [5.74, 6) is 1.71. The maximum Gasteiger partial charge on any atom is 0.204 e. The zero-order chi connectivity index (χ0) is 23.5. The Labute approximate surface area is 204 Å². The molecule has 0 atom stereocenters. The molecular weight excluding hydrogens is 444 g/mol. The molecule has 174 valence electrons. The van der Waals surface area contributed by atoms with E-state index in [0.29, 0.717) is 11.4 Å². The zero-order valence-electron chi connectivity index (χ0n) is 19.5.